The van der Waals surface area contributed by atoms with Crippen LogP contribution in [-0.2, 0) is 6.61 Å². The number of aromatic nitrogens is 1. The third-order valence-corrected chi connectivity index (χ3v) is 0.974. The molecule has 0 unspecified atom stereocenters. The lowest BCUT2D eigenvalue weighted by Gasteiger charge is -1.91. The van der Waals surface area contributed by atoms with Gasteiger partial charge in [-0.1, -0.05) is 13.8 Å². The molecule has 1 aromatic rings. The Morgan fingerprint density at radius 3 is 2.55 bits per heavy atom. The number of pyridine rings is 1. The zero-order chi connectivity index (χ0) is 8.69. The van der Waals surface area contributed by atoms with Crippen molar-refractivity contribution >= 4 is 0 Å². The molecule has 0 saturated heterocycles. The molecule has 0 bridgehead atoms. The zero-order valence-electron chi connectivity index (χ0n) is 6.71. The molecule has 2 nitrogen and oxygen atoms in total. The molecule has 0 aliphatic carbocycles. The maximum atomic E-state index is 12.1. The van der Waals surface area contributed by atoms with Gasteiger partial charge < -0.3 is 5.11 Å². The molecule has 3 heteroatoms. The van der Waals surface area contributed by atoms with E-state index in [2.05, 4.69) is 4.98 Å². The molecule has 1 heterocycles. The molecular formula is C8H12FNO. The van der Waals surface area contributed by atoms with Crippen molar-refractivity contribution in [2.75, 3.05) is 0 Å². The predicted molar refractivity (Wildman–Crippen MR) is 41.5 cm³/mol. The fourth-order valence-electron chi connectivity index (χ4n) is 0.541. The van der Waals surface area contributed by atoms with E-state index in [-0.39, 0.29) is 6.61 Å². The van der Waals surface area contributed by atoms with Crippen LogP contribution in [-0.4, -0.2) is 10.1 Å². The van der Waals surface area contributed by atoms with Gasteiger partial charge in [0.05, 0.1) is 6.61 Å². The molecule has 0 saturated carbocycles. The Morgan fingerprint density at radius 1 is 1.55 bits per heavy atom. The molecule has 0 aliphatic heterocycles. The highest BCUT2D eigenvalue weighted by atomic mass is 19.1. The van der Waals surface area contributed by atoms with E-state index in [1.165, 1.54) is 12.3 Å². The first-order valence-corrected chi connectivity index (χ1v) is 3.54. The Kier molecular flexibility index (Phi) is 5.29. The minimum atomic E-state index is -0.554. The summed E-state index contributed by atoms with van der Waals surface area (Å²) in [5.41, 5.74) is 0.544. The largest absolute Gasteiger partial charge is 0.392 e. The van der Waals surface area contributed by atoms with Crippen LogP contribution in [0.25, 0.3) is 0 Å². The molecule has 1 N–H and O–H groups in total. The second kappa shape index (κ2) is 5.80. The van der Waals surface area contributed by atoms with Crippen LogP contribution in [0.2, 0.25) is 0 Å². The highest BCUT2D eigenvalue weighted by Gasteiger charge is 1.91. The summed E-state index contributed by atoms with van der Waals surface area (Å²) in [6.45, 7) is 3.86. The van der Waals surface area contributed by atoms with Crippen molar-refractivity contribution in [3.63, 3.8) is 0 Å². The van der Waals surface area contributed by atoms with Crippen molar-refractivity contribution in [3.8, 4) is 0 Å². The molecule has 0 amide bonds. The van der Waals surface area contributed by atoms with Gasteiger partial charge in [0.2, 0.25) is 5.95 Å². The molecule has 11 heavy (non-hydrogen) atoms. The summed E-state index contributed by atoms with van der Waals surface area (Å²) in [7, 11) is 0. The SMILES string of the molecule is CC.OCc1ccnc(F)c1. The molecule has 1 aromatic heterocycles. The van der Waals surface area contributed by atoms with Crippen molar-refractivity contribution in [1.29, 1.82) is 0 Å². The molecule has 0 spiro atoms. The summed E-state index contributed by atoms with van der Waals surface area (Å²) in [6.07, 6.45) is 1.32. The van der Waals surface area contributed by atoms with E-state index in [0.29, 0.717) is 5.56 Å². The van der Waals surface area contributed by atoms with E-state index < -0.39 is 5.95 Å². The average molecular weight is 157 g/mol. The number of halogens is 1. The average Bonchev–Trinajstić information content (AvgIpc) is 2.08. The Labute approximate surface area is 65.7 Å². The van der Waals surface area contributed by atoms with E-state index in [4.69, 9.17) is 5.11 Å². The number of hydrogen-bond acceptors (Lipinski definition) is 2. The van der Waals surface area contributed by atoms with Crippen molar-refractivity contribution in [2.24, 2.45) is 0 Å². The summed E-state index contributed by atoms with van der Waals surface area (Å²) >= 11 is 0. The standard InChI is InChI=1S/C6H6FNO.C2H6/c7-6-3-5(4-9)1-2-8-6;1-2/h1-3,9H,4H2;1-2H3. The van der Waals surface area contributed by atoms with E-state index in [0.717, 1.165) is 0 Å². The van der Waals surface area contributed by atoms with Gasteiger partial charge >= 0.3 is 0 Å². The third kappa shape index (κ3) is 3.68. The smallest absolute Gasteiger partial charge is 0.213 e. The van der Waals surface area contributed by atoms with Gasteiger partial charge in [-0.3, -0.25) is 0 Å². The summed E-state index contributed by atoms with van der Waals surface area (Å²) < 4.78 is 12.1. The van der Waals surface area contributed by atoms with Crippen LogP contribution < -0.4 is 0 Å². The number of aliphatic hydroxyl groups is 1. The first-order valence-electron chi connectivity index (χ1n) is 3.54. The zero-order valence-corrected chi connectivity index (χ0v) is 6.71. The molecular weight excluding hydrogens is 145 g/mol. The lowest BCUT2D eigenvalue weighted by Crippen LogP contribution is -1.86. The minimum absolute atomic E-state index is 0.139. The summed E-state index contributed by atoms with van der Waals surface area (Å²) in [4.78, 5) is 3.31. The van der Waals surface area contributed by atoms with Crippen LogP contribution in [0.3, 0.4) is 0 Å². The van der Waals surface area contributed by atoms with Crippen LogP contribution in [0.5, 0.6) is 0 Å². The van der Waals surface area contributed by atoms with E-state index in [1.54, 1.807) is 6.07 Å². The van der Waals surface area contributed by atoms with Crippen LogP contribution in [0.1, 0.15) is 19.4 Å². The second-order valence-electron chi connectivity index (χ2n) is 1.64. The van der Waals surface area contributed by atoms with E-state index >= 15 is 0 Å². The molecule has 62 valence electrons. The first kappa shape index (κ1) is 10.0. The first-order chi connectivity index (χ1) is 5.33. The number of hydrogen-bond donors (Lipinski definition) is 1. The predicted octanol–water partition coefficient (Wildman–Crippen LogP) is 1.74. The molecule has 0 atom stereocenters. The van der Waals surface area contributed by atoms with Crippen LogP contribution in [0.15, 0.2) is 18.3 Å². The number of aliphatic hydroxyl groups excluding tert-OH is 1. The van der Waals surface area contributed by atoms with Gasteiger partial charge in [-0.05, 0) is 17.7 Å². The topological polar surface area (TPSA) is 33.1 Å². The highest BCUT2D eigenvalue weighted by Crippen LogP contribution is 1.98. The normalized spacial score (nSPS) is 8.36. The van der Waals surface area contributed by atoms with Gasteiger partial charge in [0.15, 0.2) is 0 Å². The Balaban J connectivity index is 0.000000461. The molecule has 0 fully saturated rings. The van der Waals surface area contributed by atoms with Gasteiger partial charge in [-0.25, -0.2) is 4.98 Å². The van der Waals surface area contributed by atoms with Crippen LogP contribution in [0.4, 0.5) is 4.39 Å². The lowest BCUT2D eigenvalue weighted by atomic mass is 10.3. The van der Waals surface area contributed by atoms with Gasteiger partial charge in [-0.15, -0.1) is 0 Å². The lowest BCUT2D eigenvalue weighted by molar-refractivity contribution is 0.281. The van der Waals surface area contributed by atoms with Crippen molar-refractivity contribution in [1.82, 2.24) is 4.98 Å². The summed E-state index contributed by atoms with van der Waals surface area (Å²) in [6, 6.07) is 2.75. The van der Waals surface area contributed by atoms with Crippen LogP contribution >= 0.6 is 0 Å². The molecule has 0 radical (unpaired) electrons. The summed E-state index contributed by atoms with van der Waals surface area (Å²) in [5.74, 6) is -0.554. The second-order valence-corrected chi connectivity index (χ2v) is 1.64. The Bertz CT molecular complexity index is 203. The Hall–Kier alpha value is -0.960. The quantitative estimate of drug-likeness (QED) is 0.630. The molecule has 0 aromatic carbocycles. The van der Waals surface area contributed by atoms with Crippen molar-refractivity contribution in [2.45, 2.75) is 20.5 Å². The van der Waals surface area contributed by atoms with E-state index in [9.17, 15) is 4.39 Å². The maximum Gasteiger partial charge on any atom is 0.213 e. The summed E-state index contributed by atoms with van der Waals surface area (Å²) in [5, 5.41) is 8.47. The fourth-order valence-corrected chi connectivity index (χ4v) is 0.541. The molecule has 0 aliphatic rings. The number of rotatable bonds is 1. The van der Waals surface area contributed by atoms with E-state index in [1.807, 2.05) is 13.8 Å². The van der Waals surface area contributed by atoms with Gasteiger partial charge in [-0.2, -0.15) is 4.39 Å². The minimum Gasteiger partial charge on any atom is -0.392 e. The maximum absolute atomic E-state index is 12.1. The van der Waals surface area contributed by atoms with Crippen molar-refractivity contribution < 1.29 is 9.50 Å². The number of nitrogens with zero attached hydrogens (tertiary/aromatic N) is 1. The highest BCUT2D eigenvalue weighted by molar-refractivity contribution is 5.08. The molecule has 1 rings (SSSR count). The van der Waals surface area contributed by atoms with Crippen LogP contribution in [0, 0.1) is 5.95 Å². The van der Waals surface area contributed by atoms with Gasteiger partial charge in [0.1, 0.15) is 0 Å². The van der Waals surface area contributed by atoms with Gasteiger partial charge in [0.25, 0.3) is 0 Å². The fraction of sp³-hybridized carbons (Fsp3) is 0.375. The third-order valence-electron chi connectivity index (χ3n) is 0.974. The van der Waals surface area contributed by atoms with Crippen molar-refractivity contribution in [3.05, 3.63) is 29.8 Å². The monoisotopic (exact) mass is 157 g/mol. The van der Waals surface area contributed by atoms with Gasteiger partial charge in [0, 0.05) is 6.20 Å². The Morgan fingerprint density at radius 2 is 2.18 bits per heavy atom.